The third-order valence-corrected chi connectivity index (χ3v) is 5.41. The first kappa shape index (κ1) is 18.4. The minimum Gasteiger partial charge on any atom is -0.312 e. The molecule has 9 heteroatoms. The number of hydrogen-bond acceptors (Lipinski definition) is 4. The number of nitrogens with one attached hydrogen (secondary N) is 2. The molecule has 1 aromatic rings. The SMILES string of the molecule is CCCNCc1cc(S(=O)(=O)NCCC(F)(F)F)c(C)s1. The van der Waals surface area contributed by atoms with Crippen molar-refractivity contribution in [2.75, 3.05) is 13.1 Å². The molecule has 0 unspecified atom stereocenters. The van der Waals surface area contributed by atoms with Gasteiger partial charge in [0.05, 0.1) is 11.3 Å². The molecule has 0 fully saturated rings. The molecule has 0 radical (unpaired) electrons. The minimum atomic E-state index is -4.37. The van der Waals surface area contributed by atoms with Crippen LogP contribution in [0, 0.1) is 6.92 Å². The van der Waals surface area contributed by atoms with Crippen LogP contribution < -0.4 is 10.0 Å². The zero-order valence-corrected chi connectivity index (χ0v) is 13.5. The van der Waals surface area contributed by atoms with Gasteiger partial charge in [-0.05, 0) is 26.0 Å². The van der Waals surface area contributed by atoms with E-state index in [4.69, 9.17) is 0 Å². The van der Waals surface area contributed by atoms with Gasteiger partial charge in [0.25, 0.3) is 0 Å². The van der Waals surface area contributed by atoms with Crippen LogP contribution in [0.3, 0.4) is 0 Å². The summed E-state index contributed by atoms with van der Waals surface area (Å²) < 4.78 is 62.1. The van der Waals surface area contributed by atoms with E-state index in [-0.39, 0.29) is 4.90 Å². The van der Waals surface area contributed by atoms with Crippen LogP contribution in [-0.2, 0) is 16.6 Å². The maximum absolute atomic E-state index is 12.0. The predicted octanol–water partition coefficient (Wildman–Crippen LogP) is 2.79. The van der Waals surface area contributed by atoms with Crippen LogP contribution in [0.1, 0.15) is 29.5 Å². The molecule has 0 aliphatic carbocycles. The van der Waals surface area contributed by atoms with Crippen molar-refractivity contribution < 1.29 is 21.6 Å². The maximum Gasteiger partial charge on any atom is 0.390 e. The number of sulfonamides is 1. The van der Waals surface area contributed by atoms with E-state index in [2.05, 4.69) is 5.32 Å². The highest BCUT2D eigenvalue weighted by Gasteiger charge is 2.28. The van der Waals surface area contributed by atoms with E-state index in [1.807, 2.05) is 11.6 Å². The number of halogens is 3. The Labute approximate surface area is 126 Å². The lowest BCUT2D eigenvalue weighted by Gasteiger charge is -2.08. The van der Waals surface area contributed by atoms with Crippen LogP contribution in [0.2, 0.25) is 0 Å². The first-order valence-electron chi connectivity index (χ1n) is 6.52. The van der Waals surface area contributed by atoms with E-state index in [0.29, 0.717) is 11.4 Å². The summed E-state index contributed by atoms with van der Waals surface area (Å²) in [7, 11) is -3.89. The number of thiophene rings is 1. The summed E-state index contributed by atoms with van der Waals surface area (Å²) in [5.74, 6) is 0. The van der Waals surface area contributed by atoms with Crippen molar-refractivity contribution in [2.24, 2.45) is 0 Å². The summed E-state index contributed by atoms with van der Waals surface area (Å²) in [6.45, 7) is 4.39. The van der Waals surface area contributed by atoms with Gasteiger partial charge in [-0.2, -0.15) is 13.2 Å². The lowest BCUT2D eigenvalue weighted by molar-refractivity contribution is -0.132. The third-order valence-electron chi connectivity index (χ3n) is 2.64. The Kier molecular flexibility index (Phi) is 6.64. The average Bonchev–Trinajstić information content (AvgIpc) is 2.69. The summed E-state index contributed by atoms with van der Waals surface area (Å²) in [6, 6.07) is 1.51. The first-order valence-corrected chi connectivity index (χ1v) is 8.82. The highest BCUT2D eigenvalue weighted by molar-refractivity contribution is 7.89. The van der Waals surface area contributed by atoms with Crippen molar-refractivity contribution in [3.05, 3.63) is 15.8 Å². The van der Waals surface area contributed by atoms with Crippen LogP contribution >= 0.6 is 11.3 Å². The van der Waals surface area contributed by atoms with Gasteiger partial charge in [0.1, 0.15) is 0 Å². The van der Waals surface area contributed by atoms with Gasteiger partial charge in [-0.1, -0.05) is 6.92 Å². The highest BCUT2D eigenvalue weighted by atomic mass is 32.2. The molecule has 1 rings (SSSR count). The van der Waals surface area contributed by atoms with Gasteiger partial charge in [0.2, 0.25) is 10.0 Å². The normalized spacial score (nSPS) is 12.8. The van der Waals surface area contributed by atoms with Crippen molar-refractivity contribution in [3.8, 4) is 0 Å². The van der Waals surface area contributed by atoms with Gasteiger partial charge in [0.15, 0.2) is 0 Å². The van der Waals surface area contributed by atoms with Crippen LogP contribution in [0.15, 0.2) is 11.0 Å². The van der Waals surface area contributed by atoms with E-state index in [1.54, 1.807) is 6.92 Å². The average molecular weight is 344 g/mol. The van der Waals surface area contributed by atoms with E-state index < -0.39 is 29.2 Å². The molecule has 0 spiro atoms. The summed E-state index contributed by atoms with van der Waals surface area (Å²) >= 11 is 1.33. The van der Waals surface area contributed by atoms with Crippen LogP contribution in [0.25, 0.3) is 0 Å². The smallest absolute Gasteiger partial charge is 0.312 e. The molecule has 0 saturated heterocycles. The Morgan fingerprint density at radius 1 is 1.29 bits per heavy atom. The summed E-state index contributed by atoms with van der Waals surface area (Å²) in [5.41, 5.74) is 0. The molecule has 21 heavy (non-hydrogen) atoms. The van der Waals surface area contributed by atoms with Gasteiger partial charge in [-0.3, -0.25) is 0 Å². The quantitative estimate of drug-likeness (QED) is 0.713. The third kappa shape index (κ3) is 6.33. The van der Waals surface area contributed by atoms with Gasteiger partial charge in [-0.25, -0.2) is 13.1 Å². The molecule has 2 N–H and O–H groups in total. The van der Waals surface area contributed by atoms with Gasteiger partial charge in [-0.15, -0.1) is 11.3 Å². The topological polar surface area (TPSA) is 58.2 Å². The standard InChI is InChI=1S/C12H19F3N2O2S2/c1-3-5-16-8-10-7-11(9(2)20-10)21(18,19)17-6-4-12(13,14)15/h7,16-17H,3-6,8H2,1-2H3. The molecule has 0 aromatic carbocycles. The number of aryl methyl sites for hydroxylation is 1. The van der Waals surface area contributed by atoms with E-state index in [1.165, 1.54) is 17.4 Å². The van der Waals surface area contributed by atoms with E-state index in [9.17, 15) is 21.6 Å². The molecule has 0 bridgehead atoms. The largest absolute Gasteiger partial charge is 0.390 e. The molecule has 0 amide bonds. The Morgan fingerprint density at radius 3 is 2.52 bits per heavy atom. The fourth-order valence-electron chi connectivity index (χ4n) is 1.67. The fraction of sp³-hybridized carbons (Fsp3) is 0.667. The second-order valence-corrected chi connectivity index (χ2v) is 7.65. The van der Waals surface area contributed by atoms with Crippen molar-refractivity contribution in [1.82, 2.24) is 10.0 Å². The summed E-state index contributed by atoms with van der Waals surface area (Å²) in [4.78, 5) is 1.47. The Balaban J connectivity index is 2.70. The van der Waals surface area contributed by atoms with Crippen molar-refractivity contribution in [3.63, 3.8) is 0 Å². The molecule has 0 saturated carbocycles. The zero-order valence-electron chi connectivity index (χ0n) is 11.9. The molecule has 1 heterocycles. The Morgan fingerprint density at radius 2 is 1.95 bits per heavy atom. The van der Waals surface area contributed by atoms with Crippen LogP contribution in [0.5, 0.6) is 0 Å². The fourth-order valence-corrected chi connectivity index (χ4v) is 4.31. The Bertz CT molecular complexity index is 553. The molecule has 0 aliphatic heterocycles. The van der Waals surface area contributed by atoms with E-state index in [0.717, 1.165) is 17.8 Å². The molecule has 0 atom stereocenters. The second-order valence-electron chi connectivity index (χ2n) is 4.57. The molecule has 0 aliphatic rings. The van der Waals surface area contributed by atoms with Crippen LogP contribution in [0.4, 0.5) is 13.2 Å². The molecular weight excluding hydrogens is 325 g/mol. The van der Waals surface area contributed by atoms with Gasteiger partial charge < -0.3 is 5.32 Å². The second kappa shape index (κ2) is 7.57. The molecule has 122 valence electrons. The predicted molar refractivity (Wildman–Crippen MR) is 76.9 cm³/mol. The minimum absolute atomic E-state index is 0.0583. The van der Waals surface area contributed by atoms with Crippen LogP contribution in [-0.4, -0.2) is 27.7 Å². The number of hydrogen-bond donors (Lipinski definition) is 2. The first-order chi connectivity index (χ1) is 9.65. The van der Waals surface area contributed by atoms with Crippen molar-refractivity contribution in [1.29, 1.82) is 0 Å². The lowest BCUT2D eigenvalue weighted by atomic mass is 10.4. The summed E-state index contributed by atoms with van der Waals surface area (Å²) in [5, 5.41) is 3.15. The number of alkyl halides is 3. The number of rotatable bonds is 8. The maximum atomic E-state index is 12.0. The van der Waals surface area contributed by atoms with Gasteiger partial charge >= 0.3 is 6.18 Å². The van der Waals surface area contributed by atoms with E-state index >= 15 is 0 Å². The highest BCUT2D eigenvalue weighted by Crippen LogP contribution is 2.26. The Hall–Kier alpha value is -0.640. The lowest BCUT2D eigenvalue weighted by Crippen LogP contribution is -2.28. The van der Waals surface area contributed by atoms with Crippen molar-refractivity contribution in [2.45, 2.75) is 44.3 Å². The van der Waals surface area contributed by atoms with Gasteiger partial charge in [0, 0.05) is 22.8 Å². The molecule has 4 nitrogen and oxygen atoms in total. The molecular formula is C12H19F3N2O2S2. The molecule has 1 aromatic heterocycles. The van der Waals surface area contributed by atoms with Crippen molar-refractivity contribution >= 4 is 21.4 Å². The monoisotopic (exact) mass is 344 g/mol. The summed E-state index contributed by atoms with van der Waals surface area (Å²) in [6.07, 6.45) is -4.59. The zero-order chi connectivity index (χ0) is 16.1.